The first kappa shape index (κ1) is 9.81. The Hall–Kier alpha value is -1.39. The van der Waals surface area contributed by atoms with Crippen LogP contribution in [0.5, 0.6) is 11.5 Å². The molecule has 0 bridgehead atoms. The Bertz CT molecular complexity index is 473. The van der Waals surface area contributed by atoms with Crippen LogP contribution in [0.2, 0.25) is 0 Å². The van der Waals surface area contributed by atoms with Crippen LogP contribution in [0.3, 0.4) is 0 Å². The van der Waals surface area contributed by atoms with E-state index in [2.05, 4.69) is 0 Å². The van der Waals surface area contributed by atoms with Crippen LogP contribution >= 0.6 is 11.8 Å². The number of nitrogens with zero attached hydrogens (tertiary/aromatic N) is 1. The third-order valence-electron chi connectivity index (χ3n) is 2.72. The van der Waals surface area contributed by atoms with Gasteiger partial charge >= 0.3 is 0 Å². The molecule has 0 saturated carbocycles. The summed E-state index contributed by atoms with van der Waals surface area (Å²) in [5, 5.41) is 9.12. The SMILES string of the molecule is OCC1=CN(Cl)c2cc3c(cc2C1)OCO3. The minimum atomic E-state index is 0.0110. The van der Waals surface area contributed by atoms with Gasteiger partial charge in [0.1, 0.15) is 0 Å². The number of aliphatic hydroxyl groups is 1. The third kappa shape index (κ3) is 1.42. The monoisotopic (exact) mass is 239 g/mol. The Morgan fingerprint density at radius 2 is 2.06 bits per heavy atom. The molecule has 0 unspecified atom stereocenters. The Kier molecular flexibility index (Phi) is 2.19. The smallest absolute Gasteiger partial charge is 0.231 e. The van der Waals surface area contributed by atoms with E-state index >= 15 is 0 Å². The molecule has 2 heterocycles. The molecule has 4 nitrogen and oxygen atoms in total. The van der Waals surface area contributed by atoms with Crippen LogP contribution in [0.25, 0.3) is 0 Å². The highest BCUT2D eigenvalue weighted by atomic mass is 35.5. The molecule has 3 rings (SSSR count). The highest BCUT2D eigenvalue weighted by Gasteiger charge is 2.22. The molecule has 0 aromatic heterocycles. The van der Waals surface area contributed by atoms with Gasteiger partial charge in [-0.25, -0.2) is 0 Å². The molecule has 0 atom stereocenters. The molecule has 0 saturated heterocycles. The van der Waals surface area contributed by atoms with Gasteiger partial charge < -0.3 is 14.6 Å². The lowest BCUT2D eigenvalue weighted by atomic mass is 10.0. The summed E-state index contributed by atoms with van der Waals surface area (Å²) in [5.74, 6) is 1.45. The number of rotatable bonds is 1. The van der Waals surface area contributed by atoms with Crippen molar-refractivity contribution in [1.82, 2.24) is 0 Å². The Labute approximate surface area is 97.8 Å². The molecule has 1 aromatic rings. The maximum Gasteiger partial charge on any atom is 0.231 e. The standard InChI is InChI=1S/C11H10ClNO3/c12-13-4-7(5-14)1-8-2-10-11(3-9(8)13)16-6-15-10/h2-4,14H,1,5-6H2. The first-order chi connectivity index (χ1) is 7.78. The van der Waals surface area contributed by atoms with Crippen molar-refractivity contribution in [2.24, 2.45) is 0 Å². The highest BCUT2D eigenvalue weighted by molar-refractivity contribution is 6.27. The zero-order valence-electron chi connectivity index (χ0n) is 8.44. The number of halogens is 1. The van der Waals surface area contributed by atoms with E-state index in [1.54, 1.807) is 6.20 Å². The third-order valence-corrected chi connectivity index (χ3v) is 3.00. The molecule has 0 aliphatic carbocycles. The van der Waals surface area contributed by atoms with E-state index in [4.69, 9.17) is 26.4 Å². The van der Waals surface area contributed by atoms with E-state index in [9.17, 15) is 0 Å². The second-order valence-electron chi connectivity index (χ2n) is 3.77. The van der Waals surface area contributed by atoms with E-state index in [0.717, 1.165) is 22.6 Å². The summed E-state index contributed by atoms with van der Waals surface area (Å²) >= 11 is 6.07. The number of anilines is 1. The molecule has 1 aromatic carbocycles. The number of ether oxygens (including phenoxy) is 2. The molecule has 2 aliphatic heterocycles. The van der Waals surface area contributed by atoms with Crippen LogP contribution in [0.1, 0.15) is 5.56 Å². The lowest BCUT2D eigenvalue weighted by Crippen LogP contribution is -2.13. The second kappa shape index (κ2) is 3.57. The molecule has 0 spiro atoms. The van der Waals surface area contributed by atoms with E-state index in [-0.39, 0.29) is 13.4 Å². The summed E-state index contributed by atoms with van der Waals surface area (Å²) in [4.78, 5) is 0. The van der Waals surface area contributed by atoms with E-state index in [0.29, 0.717) is 12.2 Å². The zero-order chi connectivity index (χ0) is 11.1. The van der Waals surface area contributed by atoms with Crippen LogP contribution in [0, 0.1) is 0 Å². The van der Waals surface area contributed by atoms with Gasteiger partial charge in [-0.2, -0.15) is 0 Å². The van der Waals surface area contributed by atoms with Crippen LogP contribution < -0.4 is 13.9 Å². The minimum Gasteiger partial charge on any atom is -0.454 e. The van der Waals surface area contributed by atoms with Crippen molar-refractivity contribution in [3.8, 4) is 11.5 Å². The molecule has 1 N–H and O–H groups in total. The van der Waals surface area contributed by atoms with Crippen LogP contribution in [0.15, 0.2) is 23.9 Å². The van der Waals surface area contributed by atoms with Gasteiger partial charge in [0.15, 0.2) is 11.5 Å². The normalized spacial score (nSPS) is 17.1. The van der Waals surface area contributed by atoms with E-state index in [1.807, 2.05) is 12.1 Å². The van der Waals surface area contributed by atoms with Gasteiger partial charge in [0.25, 0.3) is 0 Å². The van der Waals surface area contributed by atoms with Crippen molar-refractivity contribution < 1.29 is 14.6 Å². The molecule has 16 heavy (non-hydrogen) atoms. The highest BCUT2D eigenvalue weighted by Crippen LogP contribution is 2.41. The Morgan fingerprint density at radius 1 is 1.31 bits per heavy atom. The summed E-state index contributed by atoms with van der Waals surface area (Å²) in [5.41, 5.74) is 2.79. The van der Waals surface area contributed by atoms with Gasteiger partial charge in [0.05, 0.1) is 12.3 Å². The quantitative estimate of drug-likeness (QED) is 0.759. The minimum absolute atomic E-state index is 0.0110. The lowest BCUT2D eigenvalue weighted by molar-refractivity contribution is 0.174. The first-order valence-electron chi connectivity index (χ1n) is 4.96. The lowest BCUT2D eigenvalue weighted by Gasteiger charge is -2.23. The first-order valence-corrected chi connectivity index (χ1v) is 5.29. The van der Waals surface area contributed by atoms with Gasteiger partial charge in [0.2, 0.25) is 6.79 Å². The molecule has 0 amide bonds. The van der Waals surface area contributed by atoms with Crippen LogP contribution in [-0.4, -0.2) is 18.5 Å². The zero-order valence-corrected chi connectivity index (χ0v) is 9.20. The van der Waals surface area contributed by atoms with Gasteiger partial charge in [-0.3, -0.25) is 4.42 Å². The van der Waals surface area contributed by atoms with Crippen molar-refractivity contribution in [2.75, 3.05) is 17.8 Å². The van der Waals surface area contributed by atoms with Crippen molar-refractivity contribution in [3.05, 3.63) is 29.5 Å². The Morgan fingerprint density at radius 3 is 2.81 bits per heavy atom. The Balaban J connectivity index is 2.06. The molecule has 2 aliphatic rings. The van der Waals surface area contributed by atoms with Crippen molar-refractivity contribution >= 4 is 17.5 Å². The fraction of sp³-hybridized carbons (Fsp3) is 0.273. The largest absolute Gasteiger partial charge is 0.454 e. The van der Waals surface area contributed by atoms with Crippen molar-refractivity contribution in [1.29, 1.82) is 0 Å². The maximum absolute atomic E-state index is 9.12. The van der Waals surface area contributed by atoms with Gasteiger partial charge in [0, 0.05) is 24.0 Å². The number of benzene rings is 1. The molecule has 0 radical (unpaired) electrons. The average Bonchev–Trinajstić information content (AvgIpc) is 2.73. The van der Waals surface area contributed by atoms with Crippen LogP contribution in [0.4, 0.5) is 5.69 Å². The summed E-state index contributed by atoms with van der Waals surface area (Å²) in [6, 6.07) is 3.77. The maximum atomic E-state index is 9.12. The van der Waals surface area contributed by atoms with E-state index in [1.165, 1.54) is 4.42 Å². The average molecular weight is 240 g/mol. The number of aliphatic hydroxyl groups excluding tert-OH is 1. The number of hydrogen-bond donors (Lipinski definition) is 1. The fourth-order valence-corrected chi connectivity index (χ4v) is 2.23. The molecular formula is C11H10ClNO3. The van der Waals surface area contributed by atoms with Crippen molar-refractivity contribution in [3.63, 3.8) is 0 Å². The summed E-state index contributed by atoms with van der Waals surface area (Å²) in [6.07, 6.45) is 2.41. The number of fused-ring (bicyclic) bond motifs is 2. The predicted molar refractivity (Wildman–Crippen MR) is 59.8 cm³/mol. The fourth-order valence-electron chi connectivity index (χ4n) is 1.93. The van der Waals surface area contributed by atoms with E-state index < -0.39 is 0 Å². The predicted octanol–water partition coefficient (Wildman–Crippen LogP) is 1.81. The second-order valence-corrected chi connectivity index (χ2v) is 4.13. The van der Waals surface area contributed by atoms with Gasteiger partial charge in [-0.05, 0) is 23.6 Å². The number of hydrogen-bond acceptors (Lipinski definition) is 4. The van der Waals surface area contributed by atoms with Gasteiger partial charge in [-0.1, -0.05) is 0 Å². The molecule has 5 heteroatoms. The molecular weight excluding hydrogens is 230 g/mol. The van der Waals surface area contributed by atoms with Crippen LogP contribution in [-0.2, 0) is 6.42 Å². The topological polar surface area (TPSA) is 41.9 Å². The molecule has 0 fully saturated rings. The summed E-state index contributed by atoms with van der Waals surface area (Å²) < 4.78 is 12.1. The summed E-state index contributed by atoms with van der Waals surface area (Å²) in [7, 11) is 0. The van der Waals surface area contributed by atoms with Gasteiger partial charge in [-0.15, -0.1) is 0 Å². The summed E-state index contributed by atoms with van der Waals surface area (Å²) in [6.45, 7) is 0.262. The van der Waals surface area contributed by atoms with Crippen molar-refractivity contribution in [2.45, 2.75) is 6.42 Å². The molecule has 84 valence electrons.